The number of carbonyl (C=O) groups excluding carboxylic acids is 2. The van der Waals surface area contributed by atoms with Gasteiger partial charge in [-0.15, -0.1) is 0 Å². The van der Waals surface area contributed by atoms with Crippen molar-refractivity contribution in [3.05, 3.63) is 51.2 Å². The molecule has 0 aliphatic heterocycles. The van der Waals surface area contributed by atoms with Crippen LogP contribution in [0.25, 0.3) is 11.3 Å². The minimum absolute atomic E-state index is 0.282. The Morgan fingerprint density at radius 2 is 1.96 bits per heavy atom. The number of nitrogens with one attached hydrogen (secondary N) is 1. The number of amides is 1. The summed E-state index contributed by atoms with van der Waals surface area (Å²) in [5.74, 6) is -0.299. The Hall–Kier alpha value is -2.13. The lowest BCUT2D eigenvalue weighted by Gasteiger charge is -2.16. The molecule has 0 radical (unpaired) electrons. The van der Waals surface area contributed by atoms with Crippen LogP contribution >= 0.6 is 27.7 Å². The highest BCUT2D eigenvalue weighted by molar-refractivity contribution is 9.10. The molecule has 1 heterocycles. The summed E-state index contributed by atoms with van der Waals surface area (Å²) < 4.78 is 6.73. The molecule has 7 nitrogen and oxygen atoms in total. The van der Waals surface area contributed by atoms with E-state index in [1.54, 1.807) is 17.8 Å². The van der Waals surface area contributed by atoms with Crippen LogP contribution in [0.4, 0.5) is 0 Å². The van der Waals surface area contributed by atoms with Crippen LogP contribution in [-0.2, 0) is 20.9 Å². The third kappa shape index (κ3) is 6.21. The number of hydrogen-bond acceptors (Lipinski definition) is 6. The Morgan fingerprint density at radius 1 is 1.26 bits per heavy atom. The maximum absolute atomic E-state index is 12.3. The van der Waals surface area contributed by atoms with E-state index < -0.39 is 23.5 Å². The largest absolute Gasteiger partial charge is 0.467 e. The van der Waals surface area contributed by atoms with Crippen LogP contribution in [0.1, 0.15) is 6.42 Å². The molecule has 1 amide bonds. The minimum atomic E-state index is -0.750. The van der Waals surface area contributed by atoms with Crippen LogP contribution in [0.3, 0.4) is 0 Å². The molecular formula is C18H20BrN3O4S. The number of ether oxygens (including phenoxy) is 1. The topological polar surface area (TPSA) is 90.3 Å². The smallest absolute Gasteiger partial charge is 0.328 e. The first-order valence-electron chi connectivity index (χ1n) is 8.15. The molecule has 1 aromatic carbocycles. The zero-order valence-electron chi connectivity index (χ0n) is 15.0. The summed E-state index contributed by atoms with van der Waals surface area (Å²) in [5, 5.41) is 6.87. The van der Waals surface area contributed by atoms with Crippen molar-refractivity contribution < 1.29 is 14.3 Å². The molecule has 2 aromatic rings. The minimum Gasteiger partial charge on any atom is -0.467 e. The van der Waals surface area contributed by atoms with Crippen molar-refractivity contribution in [2.45, 2.75) is 19.0 Å². The van der Waals surface area contributed by atoms with Gasteiger partial charge in [0.05, 0.1) is 12.8 Å². The van der Waals surface area contributed by atoms with Gasteiger partial charge in [-0.1, -0.05) is 28.1 Å². The SMILES string of the molecule is COC(=O)C(CCSC)NC(=O)Cn1nc(-c2ccc(Br)cc2)ccc1=O. The molecule has 0 spiro atoms. The highest BCUT2D eigenvalue weighted by Crippen LogP contribution is 2.18. The number of aromatic nitrogens is 2. The Labute approximate surface area is 169 Å². The fraction of sp³-hybridized carbons (Fsp3) is 0.333. The van der Waals surface area contributed by atoms with E-state index in [0.717, 1.165) is 14.7 Å². The van der Waals surface area contributed by atoms with Crippen molar-refractivity contribution >= 4 is 39.6 Å². The van der Waals surface area contributed by atoms with E-state index in [1.165, 1.54) is 13.2 Å². The molecule has 1 aromatic heterocycles. The van der Waals surface area contributed by atoms with E-state index in [2.05, 4.69) is 26.3 Å². The first-order valence-corrected chi connectivity index (χ1v) is 10.3. The van der Waals surface area contributed by atoms with Crippen molar-refractivity contribution in [3.63, 3.8) is 0 Å². The molecule has 0 saturated carbocycles. The molecule has 0 fully saturated rings. The monoisotopic (exact) mass is 453 g/mol. The third-order valence-corrected chi connectivity index (χ3v) is 4.90. The number of methoxy groups -OCH3 is 1. The number of hydrogen-bond donors (Lipinski definition) is 1. The maximum Gasteiger partial charge on any atom is 0.328 e. The van der Waals surface area contributed by atoms with Gasteiger partial charge in [-0.3, -0.25) is 9.59 Å². The number of nitrogens with zero attached hydrogens (tertiary/aromatic N) is 2. The highest BCUT2D eigenvalue weighted by atomic mass is 79.9. The Kier molecular flexibility index (Phi) is 8.05. The van der Waals surface area contributed by atoms with Gasteiger partial charge < -0.3 is 10.1 Å². The van der Waals surface area contributed by atoms with Crippen molar-refractivity contribution in [2.24, 2.45) is 0 Å². The Balaban J connectivity index is 2.14. The average Bonchev–Trinajstić information content (AvgIpc) is 2.67. The number of rotatable bonds is 8. The van der Waals surface area contributed by atoms with Crippen LogP contribution in [0.2, 0.25) is 0 Å². The van der Waals surface area contributed by atoms with Crippen LogP contribution in [0.15, 0.2) is 45.7 Å². The van der Waals surface area contributed by atoms with Crippen LogP contribution in [-0.4, -0.2) is 46.8 Å². The Morgan fingerprint density at radius 3 is 2.59 bits per heavy atom. The summed E-state index contributed by atoms with van der Waals surface area (Å²) in [6.45, 7) is -0.282. The van der Waals surface area contributed by atoms with Gasteiger partial charge in [0.15, 0.2) is 0 Å². The predicted molar refractivity (Wildman–Crippen MR) is 109 cm³/mol. The van der Waals surface area contributed by atoms with Crippen molar-refractivity contribution in [3.8, 4) is 11.3 Å². The summed E-state index contributed by atoms with van der Waals surface area (Å²) in [6.07, 6.45) is 2.36. The molecule has 1 unspecified atom stereocenters. The predicted octanol–water partition coefficient (Wildman–Crippen LogP) is 2.08. The van der Waals surface area contributed by atoms with Crippen molar-refractivity contribution in [2.75, 3.05) is 19.1 Å². The number of halogens is 1. The molecule has 0 saturated heterocycles. The molecule has 1 N–H and O–H groups in total. The molecule has 1 atom stereocenters. The van der Waals surface area contributed by atoms with Gasteiger partial charge in [-0.25, -0.2) is 9.48 Å². The second-order valence-electron chi connectivity index (χ2n) is 5.65. The molecular weight excluding hydrogens is 434 g/mol. The normalized spacial score (nSPS) is 11.7. The molecule has 9 heteroatoms. The molecule has 2 rings (SSSR count). The van der Waals surface area contributed by atoms with Gasteiger partial charge in [-0.05, 0) is 36.6 Å². The Bertz CT molecular complexity index is 854. The third-order valence-electron chi connectivity index (χ3n) is 3.73. The zero-order valence-corrected chi connectivity index (χ0v) is 17.4. The summed E-state index contributed by atoms with van der Waals surface area (Å²) in [5.41, 5.74) is 0.992. The number of benzene rings is 1. The number of thioether (sulfide) groups is 1. The molecule has 0 aliphatic rings. The summed E-state index contributed by atoms with van der Waals surface area (Å²) in [4.78, 5) is 36.2. The molecule has 27 heavy (non-hydrogen) atoms. The number of esters is 1. The fourth-order valence-electron chi connectivity index (χ4n) is 2.34. The van der Waals surface area contributed by atoms with E-state index in [4.69, 9.17) is 4.74 Å². The maximum atomic E-state index is 12.3. The summed E-state index contributed by atoms with van der Waals surface area (Å²) in [6, 6.07) is 9.67. The average molecular weight is 454 g/mol. The second kappa shape index (κ2) is 10.3. The van der Waals surface area contributed by atoms with Gasteiger partial charge in [-0.2, -0.15) is 16.9 Å². The number of carbonyl (C=O) groups is 2. The van der Waals surface area contributed by atoms with Gasteiger partial charge in [0.1, 0.15) is 12.6 Å². The lowest BCUT2D eigenvalue weighted by Crippen LogP contribution is -2.44. The van der Waals surface area contributed by atoms with Crippen LogP contribution < -0.4 is 10.9 Å². The van der Waals surface area contributed by atoms with Gasteiger partial charge in [0.2, 0.25) is 5.91 Å². The van der Waals surface area contributed by atoms with E-state index >= 15 is 0 Å². The summed E-state index contributed by atoms with van der Waals surface area (Å²) in [7, 11) is 1.27. The lowest BCUT2D eigenvalue weighted by molar-refractivity contribution is -0.145. The molecule has 0 bridgehead atoms. The van der Waals surface area contributed by atoms with Crippen LogP contribution in [0.5, 0.6) is 0 Å². The van der Waals surface area contributed by atoms with Gasteiger partial charge in [0, 0.05) is 16.1 Å². The van der Waals surface area contributed by atoms with Crippen molar-refractivity contribution in [1.82, 2.24) is 15.1 Å². The second-order valence-corrected chi connectivity index (χ2v) is 7.55. The lowest BCUT2D eigenvalue weighted by atomic mass is 10.1. The van der Waals surface area contributed by atoms with E-state index in [9.17, 15) is 14.4 Å². The zero-order chi connectivity index (χ0) is 19.8. The van der Waals surface area contributed by atoms with E-state index in [-0.39, 0.29) is 6.54 Å². The summed E-state index contributed by atoms with van der Waals surface area (Å²) >= 11 is 4.93. The van der Waals surface area contributed by atoms with Crippen molar-refractivity contribution in [1.29, 1.82) is 0 Å². The van der Waals surface area contributed by atoms with E-state index in [0.29, 0.717) is 17.9 Å². The van der Waals surface area contributed by atoms with Crippen LogP contribution in [0, 0.1) is 0 Å². The first kappa shape index (κ1) is 21.2. The van der Waals surface area contributed by atoms with Gasteiger partial charge >= 0.3 is 5.97 Å². The molecule has 0 aliphatic carbocycles. The van der Waals surface area contributed by atoms with E-state index in [1.807, 2.05) is 30.5 Å². The fourth-order valence-corrected chi connectivity index (χ4v) is 3.08. The highest BCUT2D eigenvalue weighted by Gasteiger charge is 2.21. The van der Waals surface area contributed by atoms with Gasteiger partial charge in [0.25, 0.3) is 5.56 Å². The molecule has 144 valence electrons. The first-order chi connectivity index (χ1) is 12.9. The quantitative estimate of drug-likeness (QED) is 0.615. The standard InChI is InChI=1S/C18H20BrN3O4S/c1-26-18(25)15(9-10-27-2)20-16(23)11-22-17(24)8-7-14(21-22)12-3-5-13(19)6-4-12/h3-8,15H,9-11H2,1-2H3,(H,20,23).